The molecule has 0 atom stereocenters. The highest BCUT2D eigenvalue weighted by Gasteiger charge is 2.50. The molecule has 1 spiro atoms. The Balaban J connectivity index is 1.14. The molecule has 258 valence electrons. The maximum atomic E-state index is 5.27. The molecule has 1 aliphatic carbocycles. The van der Waals surface area contributed by atoms with Crippen LogP contribution in [0.15, 0.2) is 194 Å². The Kier molecular flexibility index (Phi) is 6.50. The van der Waals surface area contributed by atoms with Gasteiger partial charge in [-0.3, -0.25) is 0 Å². The summed E-state index contributed by atoms with van der Waals surface area (Å²) in [6.45, 7) is 0. The van der Waals surface area contributed by atoms with Crippen molar-refractivity contribution in [3.63, 3.8) is 0 Å². The van der Waals surface area contributed by atoms with E-state index in [1.807, 2.05) is 12.1 Å². The van der Waals surface area contributed by atoms with Crippen LogP contribution in [0, 0.1) is 12.1 Å². The molecule has 10 aromatic rings. The largest absolute Gasteiger partial charge is 0.309 e. The molecule has 3 heterocycles. The molecule has 12 rings (SSSR count). The van der Waals surface area contributed by atoms with Crippen LogP contribution in [-0.2, 0) is 5.41 Å². The van der Waals surface area contributed by atoms with E-state index in [0.29, 0.717) is 0 Å². The van der Waals surface area contributed by atoms with Crippen LogP contribution in [0.4, 0.5) is 0 Å². The van der Waals surface area contributed by atoms with Gasteiger partial charge in [0.1, 0.15) is 0 Å². The molecule has 1 aliphatic heterocycles. The molecule has 0 N–H and O–H groups in total. The number of rotatable bonds is 4. The van der Waals surface area contributed by atoms with E-state index in [0.717, 1.165) is 39.2 Å². The Labute approximate surface area is 325 Å². The monoisotopic (exact) mass is 708 g/mol. The minimum atomic E-state index is -0.495. The van der Waals surface area contributed by atoms with Crippen molar-refractivity contribution in [3.8, 4) is 61.6 Å². The Morgan fingerprint density at radius 1 is 0.411 bits per heavy atom. The molecule has 0 unspecified atom stereocenters. The molecule has 2 aromatic heterocycles. The fourth-order valence-corrected chi connectivity index (χ4v) is 9.73. The number of fused-ring (bicyclic) bond motifs is 12. The first-order valence-corrected chi connectivity index (χ1v) is 19.2. The Morgan fingerprint density at radius 2 is 1.05 bits per heavy atom. The molecular formula is C54H32N2. The van der Waals surface area contributed by atoms with Crippen LogP contribution in [0.25, 0.3) is 83.4 Å². The van der Waals surface area contributed by atoms with Crippen molar-refractivity contribution in [1.82, 2.24) is 9.55 Å². The summed E-state index contributed by atoms with van der Waals surface area (Å²) in [5.41, 5.74) is 19.7. The van der Waals surface area contributed by atoms with Gasteiger partial charge in [0.25, 0.3) is 0 Å². The molecule has 2 nitrogen and oxygen atoms in total. The van der Waals surface area contributed by atoms with Gasteiger partial charge in [0, 0.05) is 21.9 Å². The number of nitrogens with zero attached hydrogens (tertiary/aromatic N) is 2. The summed E-state index contributed by atoms with van der Waals surface area (Å²) in [5, 5.41) is 2.52. The lowest BCUT2D eigenvalue weighted by Gasteiger charge is -2.39. The Morgan fingerprint density at radius 3 is 1.84 bits per heavy atom. The molecule has 8 aromatic carbocycles. The summed E-state index contributed by atoms with van der Waals surface area (Å²) in [6, 6.07) is 76.9. The first-order chi connectivity index (χ1) is 27.8. The lowest BCUT2D eigenvalue weighted by molar-refractivity contribution is 0.749. The van der Waals surface area contributed by atoms with E-state index in [1.54, 1.807) is 0 Å². The molecule has 0 amide bonds. The predicted octanol–water partition coefficient (Wildman–Crippen LogP) is 13.1. The highest BCUT2D eigenvalue weighted by molar-refractivity contribution is 6.14. The number of hydrogen-bond acceptors (Lipinski definition) is 1. The van der Waals surface area contributed by atoms with Crippen molar-refractivity contribution >= 4 is 21.8 Å². The first-order valence-electron chi connectivity index (χ1n) is 19.2. The van der Waals surface area contributed by atoms with Gasteiger partial charge in [-0.15, -0.1) is 0 Å². The summed E-state index contributed by atoms with van der Waals surface area (Å²) < 4.78 is 2.52. The van der Waals surface area contributed by atoms with E-state index in [2.05, 4.69) is 199 Å². The number of benzene rings is 7. The van der Waals surface area contributed by atoms with Gasteiger partial charge >= 0.3 is 0 Å². The lowest BCUT2D eigenvalue weighted by atomic mass is 9.65. The first kappa shape index (κ1) is 30.9. The normalized spacial score (nSPS) is 13.0. The van der Waals surface area contributed by atoms with Crippen LogP contribution in [0.5, 0.6) is 0 Å². The summed E-state index contributed by atoms with van der Waals surface area (Å²) in [7, 11) is 0. The second-order valence-corrected chi connectivity index (χ2v) is 14.9. The maximum Gasteiger partial charge on any atom is 0.0754 e. The predicted molar refractivity (Wildman–Crippen MR) is 229 cm³/mol. The van der Waals surface area contributed by atoms with Gasteiger partial charge in [-0.05, 0) is 116 Å². The average molecular weight is 709 g/mol. The van der Waals surface area contributed by atoms with Gasteiger partial charge in [-0.1, -0.05) is 146 Å². The highest BCUT2D eigenvalue weighted by atomic mass is 15.0. The van der Waals surface area contributed by atoms with E-state index in [-0.39, 0.29) is 0 Å². The van der Waals surface area contributed by atoms with Gasteiger partial charge in [-0.25, -0.2) is 4.98 Å². The number of aromatic nitrogens is 2. The smallest absolute Gasteiger partial charge is 0.0754 e. The summed E-state index contributed by atoms with van der Waals surface area (Å²) in [4.78, 5) is 5.27. The zero-order valence-corrected chi connectivity index (χ0v) is 30.4. The second kappa shape index (κ2) is 11.8. The molecular weight excluding hydrogens is 677 g/mol. The van der Waals surface area contributed by atoms with Crippen molar-refractivity contribution < 1.29 is 0 Å². The van der Waals surface area contributed by atoms with Crippen LogP contribution >= 0.6 is 0 Å². The van der Waals surface area contributed by atoms with Gasteiger partial charge in [-0.2, -0.15) is 0 Å². The quantitative estimate of drug-likeness (QED) is 0.178. The van der Waals surface area contributed by atoms with Gasteiger partial charge in [0.15, 0.2) is 0 Å². The van der Waals surface area contributed by atoms with E-state index in [4.69, 9.17) is 4.98 Å². The van der Waals surface area contributed by atoms with Crippen LogP contribution in [0.1, 0.15) is 22.3 Å². The molecule has 2 aliphatic rings. The Bertz CT molecular complexity index is 3090. The third-order valence-corrected chi connectivity index (χ3v) is 12.1. The van der Waals surface area contributed by atoms with Crippen molar-refractivity contribution in [3.05, 3.63) is 229 Å². The Hall–Kier alpha value is -7.47. The number of hydrogen-bond donors (Lipinski definition) is 0. The third kappa shape index (κ3) is 4.26. The standard InChI is InChI=1S/C54H32N2/c1-3-16-35(17-4-1)40-33-49(36-18-5-2-6-19-36)55-50(34-40)38-21-15-20-37(30-38)39-31-44-43-24-9-13-28-51(43)56-52-29-14-12-27-47(52)54(48(32-39)53(44)56)45-25-10-7-22-41(45)42-23-8-11-26-46(42)54/h1,3-5,7-34H. The molecule has 0 bridgehead atoms. The molecule has 0 fully saturated rings. The van der Waals surface area contributed by atoms with Gasteiger partial charge < -0.3 is 4.57 Å². The zero-order chi connectivity index (χ0) is 36.8. The van der Waals surface area contributed by atoms with Crippen LogP contribution in [-0.4, -0.2) is 9.55 Å². The maximum absolute atomic E-state index is 5.27. The number of para-hydroxylation sites is 2. The zero-order valence-electron chi connectivity index (χ0n) is 30.4. The van der Waals surface area contributed by atoms with E-state index >= 15 is 0 Å². The van der Waals surface area contributed by atoms with Gasteiger partial charge in [0.05, 0.1) is 33.5 Å². The number of pyridine rings is 1. The molecule has 0 saturated heterocycles. The highest BCUT2D eigenvalue weighted by Crippen LogP contribution is 2.61. The second-order valence-electron chi connectivity index (χ2n) is 14.9. The van der Waals surface area contributed by atoms with E-state index in [9.17, 15) is 0 Å². The summed E-state index contributed by atoms with van der Waals surface area (Å²) in [6.07, 6.45) is 0. The topological polar surface area (TPSA) is 17.8 Å². The van der Waals surface area contributed by atoms with E-state index in [1.165, 1.54) is 66.4 Å². The van der Waals surface area contributed by atoms with Crippen molar-refractivity contribution in [2.45, 2.75) is 5.41 Å². The SMILES string of the molecule is c1ccc(-c2cc(-c3ccccc3)cc(-c3cccc(-c4cc5c6c(c4)c4ccccc4n6-c4ccccc4C54c5ccccc5-c5ccccc54)c3)n2)cc#1. The fraction of sp³-hybridized carbons (Fsp3) is 0.0185. The third-order valence-electron chi connectivity index (χ3n) is 12.1. The molecule has 0 saturated carbocycles. The van der Waals surface area contributed by atoms with Crippen LogP contribution in [0.2, 0.25) is 0 Å². The molecule has 56 heavy (non-hydrogen) atoms. The lowest BCUT2D eigenvalue weighted by Crippen LogP contribution is -2.33. The van der Waals surface area contributed by atoms with Crippen LogP contribution < -0.4 is 0 Å². The minimum Gasteiger partial charge on any atom is -0.309 e. The molecule has 0 radical (unpaired) electrons. The van der Waals surface area contributed by atoms with Crippen LogP contribution in [0.3, 0.4) is 0 Å². The van der Waals surface area contributed by atoms with Crippen molar-refractivity contribution in [2.24, 2.45) is 0 Å². The van der Waals surface area contributed by atoms with Crippen molar-refractivity contribution in [1.29, 1.82) is 0 Å². The summed E-state index contributed by atoms with van der Waals surface area (Å²) in [5.74, 6) is 0. The van der Waals surface area contributed by atoms with Crippen molar-refractivity contribution in [2.75, 3.05) is 0 Å². The fourth-order valence-electron chi connectivity index (χ4n) is 9.73. The summed E-state index contributed by atoms with van der Waals surface area (Å²) >= 11 is 0. The van der Waals surface area contributed by atoms with Gasteiger partial charge in [0.2, 0.25) is 0 Å². The van der Waals surface area contributed by atoms with E-state index < -0.39 is 5.41 Å². The molecule has 2 heteroatoms. The average Bonchev–Trinajstić information content (AvgIpc) is 3.77. The minimum absolute atomic E-state index is 0.495.